The lowest BCUT2D eigenvalue weighted by molar-refractivity contribution is 0.411. The first-order valence-corrected chi connectivity index (χ1v) is 7.21. The fourth-order valence-electron chi connectivity index (χ4n) is 2.43. The van der Waals surface area contributed by atoms with Crippen LogP contribution in [0.1, 0.15) is 11.1 Å². The molecule has 1 N–H and O–H groups in total. The molecule has 2 aromatic heterocycles. The largest absolute Gasteiger partial charge is 0.496 e. The molecule has 0 aliphatic rings. The Bertz CT molecular complexity index is 825. The Labute approximate surface area is 134 Å². The Kier molecular flexibility index (Phi) is 3.97. The van der Waals surface area contributed by atoms with Crippen LogP contribution < -0.4 is 9.47 Å². The molecule has 2 heterocycles. The molecule has 0 aliphatic heterocycles. The highest BCUT2D eigenvalue weighted by molar-refractivity contribution is 5.77. The number of H-pyrrole nitrogens is 1. The predicted octanol–water partition coefficient (Wildman–Crippen LogP) is 3.17. The molecule has 0 aliphatic carbocycles. The fraction of sp³-hybridized carbons (Fsp3) is 0.235. The highest BCUT2D eigenvalue weighted by Gasteiger charge is 2.16. The van der Waals surface area contributed by atoms with Gasteiger partial charge in [0.05, 0.1) is 26.1 Å². The first-order valence-electron chi connectivity index (χ1n) is 7.21. The zero-order valence-corrected chi connectivity index (χ0v) is 13.5. The predicted molar refractivity (Wildman–Crippen MR) is 87.6 cm³/mol. The minimum absolute atomic E-state index is 0.693. The van der Waals surface area contributed by atoms with Crippen molar-refractivity contribution in [2.75, 3.05) is 14.2 Å². The molecular formula is C17H18N4O2. The normalized spacial score (nSPS) is 10.6. The Morgan fingerprint density at radius 2 is 1.74 bits per heavy atom. The number of aromatic nitrogens is 4. The number of nitrogens with zero attached hydrogens (tertiary/aromatic N) is 3. The minimum Gasteiger partial charge on any atom is -0.496 e. The van der Waals surface area contributed by atoms with Crippen LogP contribution in [0.4, 0.5) is 0 Å². The fourth-order valence-corrected chi connectivity index (χ4v) is 2.43. The minimum atomic E-state index is 0.693. The summed E-state index contributed by atoms with van der Waals surface area (Å²) in [4.78, 5) is 4.38. The molecule has 0 saturated heterocycles. The van der Waals surface area contributed by atoms with Gasteiger partial charge < -0.3 is 9.47 Å². The van der Waals surface area contributed by atoms with Crippen molar-refractivity contribution in [2.24, 2.45) is 0 Å². The van der Waals surface area contributed by atoms with Crippen molar-refractivity contribution < 1.29 is 9.47 Å². The first-order chi connectivity index (χ1) is 11.1. The van der Waals surface area contributed by atoms with E-state index in [9.17, 15) is 0 Å². The highest BCUT2D eigenvalue weighted by atomic mass is 16.5. The van der Waals surface area contributed by atoms with E-state index in [2.05, 4.69) is 26.5 Å². The number of aryl methyl sites for hydroxylation is 1. The summed E-state index contributed by atoms with van der Waals surface area (Å²) >= 11 is 0. The van der Waals surface area contributed by atoms with Crippen LogP contribution in [0.2, 0.25) is 0 Å². The molecule has 0 fully saturated rings. The molecule has 118 valence electrons. The number of aromatic amines is 1. The van der Waals surface area contributed by atoms with Crippen molar-refractivity contribution in [3.05, 3.63) is 41.6 Å². The second-order valence-corrected chi connectivity index (χ2v) is 5.22. The third kappa shape index (κ3) is 2.75. The van der Waals surface area contributed by atoms with Crippen LogP contribution in [-0.4, -0.2) is 34.6 Å². The van der Waals surface area contributed by atoms with E-state index in [0.29, 0.717) is 11.4 Å². The molecule has 23 heavy (non-hydrogen) atoms. The number of pyridine rings is 1. The van der Waals surface area contributed by atoms with E-state index in [1.807, 2.05) is 32.0 Å². The van der Waals surface area contributed by atoms with Crippen LogP contribution >= 0.6 is 0 Å². The van der Waals surface area contributed by atoms with E-state index in [0.717, 1.165) is 33.8 Å². The molecule has 6 nitrogen and oxygen atoms in total. The van der Waals surface area contributed by atoms with Crippen LogP contribution in [0.15, 0.2) is 30.5 Å². The Hall–Kier alpha value is -2.89. The molecule has 3 rings (SSSR count). The van der Waals surface area contributed by atoms with Gasteiger partial charge in [0.15, 0.2) is 0 Å². The number of hydrogen-bond donors (Lipinski definition) is 1. The van der Waals surface area contributed by atoms with Gasteiger partial charge in [-0.05, 0) is 49.2 Å². The van der Waals surface area contributed by atoms with E-state index in [1.54, 1.807) is 20.4 Å². The van der Waals surface area contributed by atoms with E-state index in [4.69, 9.17) is 9.47 Å². The van der Waals surface area contributed by atoms with Crippen LogP contribution in [0.3, 0.4) is 0 Å². The van der Waals surface area contributed by atoms with E-state index >= 15 is 0 Å². The van der Waals surface area contributed by atoms with Gasteiger partial charge >= 0.3 is 0 Å². The van der Waals surface area contributed by atoms with Crippen LogP contribution in [0, 0.1) is 13.8 Å². The summed E-state index contributed by atoms with van der Waals surface area (Å²) in [5.41, 5.74) is 5.35. The average Bonchev–Trinajstić information content (AvgIpc) is 3.07. The molecule has 0 unspecified atom stereocenters. The quantitative estimate of drug-likeness (QED) is 0.801. The number of nitrogens with one attached hydrogen (secondary N) is 1. The third-order valence-electron chi connectivity index (χ3n) is 3.88. The third-order valence-corrected chi connectivity index (χ3v) is 3.88. The van der Waals surface area contributed by atoms with Gasteiger partial charge in [-0.3, -0.25) is 4.98 Å². The summed E-state index contributed by atoms with van der Waals surface area (Å²) in [6.07, 6.45) is 1.66. The van der Waals surface area contributed by atoms with Crippen molar-refractivity contribution in [3.63, 3.8) is 0 Å². The summed E-state index contributed by atoms with van der Waals surface area (Å²) in [5.74, 6) is 1.53. The van der Waals surface area contributed by atoms with Crippen molar-refractivity contribution in [3.8, 4) is 34.1 Å². The maximum absolute atomic E-state index is 5.45. The summed E-state index contributed by atoms with van der Waals surface area (Å²) in [5, 5.41) is 11.2. The van der Waals surface area contributed by atoms with Gasteiger partial charge in [-0.1, -0.05) is 0 Å². The summed E-state index contributed by atoms with van der Waals surface area (Å²) in [6, 6.07) is 7.75. The number of methoxy groups -OCH3 is 2. The Morgan fingerprint density at radius 3 is 2.39 bits per heavy atom. The molecule has 0 saturated carbocycles. The molecular weight excluding hydrogens is 292 g/mol. The highest BCUT2D eigenvalue weighted by Crippen LogP contribution is 2.33. The maximum Gasteiger partial charge on any atom is 0.139 e. The molecule has 6 heteroatoms. The van der Waals surface area contributed by atoms with E-state index in [-0.39, 0.29) is 0 Å². The monoisotopic (exact) mass is 310 g/mol. The van der Waals surface area contributed by atoms with Crippen LogP contribution in [0.25, 0.3) is 22.6 Å². The first kappa shape index (κ1) is 15.0. The second-order valence-electron chi connectivity index (χ2n) is 5.22. The van der Waals surface area contributed by atoms with Crippen LogP contribution in [-0.2, 0) is 0 Å². The van der Waals surface area contributed by atoms with Crippen LogP contribution in [0.5, 0.6) is 11.5 Å². The molecule has 0 atom stereocenters. The number of hydrogen-bond acceptors (Lipinski definition) is 5. The van der Waals surface area contributed by atoms with E-state index < -0.39 is 0 Å². The molecule has 0 spiro atoms. The van der Waals surface area contributed by atoms with Gasteiger partial charge in [0.1, 0.15) is 22.9 Å². The molecule has 1 aromatic carbocycles. The van der Waals surface area contributed by atoms with Gasteiger partial charge in [-0.2, -0.15) is 15.4 Å². The smallest absolute Gasteiger partial charge is 0.139 e. The molecule has 0 amide bonds. The van der Waals surface area contributed by atoms with Gasteiger partial charge in [0.25, 0.3) is 0 Å². The van der Waals surface area contributed by atoms with Crippen molar-refractivity contribution in [1.82, 2.24) is 20.4 Å². The molecule has 0 bridgehead atoms. The standard InChI is InChI=1S/C17H18N4O2/c1-10-7-12(8-15(23-4)11(10)2)16-17(20-21-19-16)14-6-5-13(22-3)9-18-14/h5-9H,1-4H3,(H,19,20,21). The lowest BCUT2D eigenvalue weighted by atomic mass is 10.0. The number of benzene rings is 1. The Balaban J connectivity index is 2.09. The average molecular weight is 310 g/mol. The van der Waals surface area contributed by atoms with Gasteiger partial charge in [-0.15, -0.1) is 0 Å². The number of rotatable bonds is 4. The SMILES string of the molecule is COc1ccc(-c2n[nH]nc2-c2cc(C)c(C)c(OC)c2)nc1. The van der Waals surface area contributed by atoms with Gasteiger partial charge in [0.2, 0.25) is 0 Å². The number of ether oxygens (including phenoxy) is 2. The lowest BCUT2D eigenvalue weighted by Gasteiger charge is -2.10. The van der Waals surface area contributed by atoms with Gasteiger partial charge in [0, 0.05) is 5.56 Å². The lowest BCUT2D eigenvalue weighted by Crippen LogP contribution is -1.93. The maximum atomic E-state index is 5.45. The summed E-state index contributed by atoms with van der Waals surface area (Å²) in [6.45, 7) is 4.08. The summed E-state index contributed by atoms with van der Waals surface area (Å²) in [7, 11) is 3.28. The zero-order chi connectivity index (χ0) is 16.4. The zero-order valence-electron chi connectivity index (χ0n) is 13.5. The molecule has 0 radical (unpaired) electrons. The molecule has 3 aromatic rings. The van der Waals surface area contributed by atoms with Crippen molar-refractivity contribution in [2.45, 2.75) is 13.8 Å². The van der Waals surface area contributed by atoms with Crippen molar-refractivity contribution >= 4 is 0 Å². The Morgan fingerprint density at radius 1 is 0.957 bits per heavy atom. The van der Waals surface area contributed by atoms with Crippen molar-refractivity contribution in [1.29, 1.82) is 0 Å². The van der Waals surface area contributed by atoms with E-state index in [1.165, 1.54) is 0 Å². The summed E-state index contributed by atoms with van der Waals surface area (Å²) < 4.78 is 10.6. The topological polar surface area (TPSA) is 72.9 Å². The second kappa shape index (κ2) is 6.08. The van der Waals surface area contributed by atoms with Gasteiger partial charge in [-0.25, -0.2) is 0 Å².